The Labute approximate surface area is 135 Å². The number of hydrogen-bond donors (Lipinski definition) is 1. The molecule has 2 N–H and O–H groups in total. The summed E-state index contributed by atoms with van der Waals surface area (Å²) >= 11 is 0. The van der Waals surface area contributed by atoms with Crippen LogP contribution >= 0.6 is 24.0 Å². The second-order valence-corrected chi connectivity index (χ2v) is 5.05. The number of morpholine rings is 1. The van der Waals surface area contributed by atoms with Gasteiger partial charge in [0.25, 0.3) is 0 Å². The molecule has 0 unspecified atom stereocenters. The zero-order valence-corrected chi connectivity index (χ0v) is 13.5. The molecule has 1 saturated carbocycles. The van der Waals surface area contributed by atoms with Gasteiger partial charge in [-0.2, -0.15) is 0 Å². The molecular weight excluding hydrogens is 372 g/mol. The topological polar surface area (TPSA) is 50.8 Å². The van der Waals surface area contributed by atoms with Crippen molar-refractivity contribution in [2.75, 3.05) is 26.3 Å². The minimum atomic E-state index is -0.197. The highest BCUT2D eigenvalue weighted by Crippen LogP contribution is 2.43. The zero-order valence-electron chi connectivity index (χ0n) is 11.2. The maximum Gasteiger partial charge on any atom is 0.191 e. The standard InChI is InChI=1S/C14H18FN3O.HI/c15-11-3-1-10(2-4-11)12-9-13(12)17-14(16)18-5-7-19-8-6-18;/h1-4,12-13H,5-9H2,(H2,16,17);1H/t12-,13+;/m0./s1. The van der Waals surface area contributed by atoms with Gasteiger partial charge < -0.3 is 15.4 Å². The number of guanidine groups is 1. The molecule has 0 aromatic heterocycles. The highest BCUT2D eigenvalue weighted by atomic mass is 127. The number of hydrogen-bond acceptors (Lipinski definition) is 2. The van der Waals surface area contributed by atoms with Crippen LogP contribution < -0.4 is 5.73 Å². The largest absolute Gasteiger partial charge is 0.378 e. The molecule has 0 spiro atoms. The van der Waals surface area contributed by atoms with Gasteiger partial charge in [0.1, 0.15) is 5.82 Å². The van der Waals surface area contributed by atoms with Crippen LogP contribution in [0.2, 0.25) is 0 Å². The van der Waals surface area contributed by atoms with Crippen LogP contribution in [0.15, 0.2) is 29.3 Å². The first kappa shape index (κ1) is 15.5. The third-order valence-corrected chi connectivity index (χ3v) is 3.69. The van der Waals surface area contributed by atoms with E-state index >= 15 is 0 Å². The molecule has 1 aromatic rings. The summed E-state index contributed by atoms with van der Waals surface area (Å²) in [5.74, 6) is 0.801. The lowest BCUT2D eigenvalue weighted by molar-refractivity contribution is 0.0674. The lowest BCUT2D eigenvalue weighted by atomic mass is 10.1. The summed E-state index contributed by atoms with van der Waals surface area (Å²) in [6, 6.07) is 6.91. The lowest BCUT2D eigenvalue weighted by Crippen LogP contribution is -2.45. The van der Waals surface area contributed by atoms with Crippen LogP contribution in [-0.2, 0) is 4.74 Å². The van der Waals surface area contributed by atoms with Gasteiger partial charge in [0.2, 0.25) is 0 Å². The van der Waals surface area contributed by atoms with E-state index in [1.807, 2.05) is 12.1 Å². The van der Waals surface area contributed by atoms with Gasteiger partial charge in [0.05, 0.1) is 19.3 Å². The Bertz CT molecular complexity index is 474. The van der Waals surface area contributed by atoms with Crippen LogP contribution in [0.5, 0.6) is 0 Å². The summed E-state index contributed by atoms with van der Waals surface area (Å²) in [6.07, 6.45) is 0.997. The van der Waals surface area contributed by atoms with Crippen molar-refractivity contribution >= 4 is 29.9 Å². The van der Waals surface area contributed by atoms with Crippen LogP contribution in [0.1, 0.15) is 17.9 Å². The summed E-state index contributed by atoms with van der Waals surface area (Å²) in [6.45, 7) is 3.04. The monoisotopic (exact) mass is 391 g/mol. The molecular formula is C14H19FIN3O. The predicted molar refractivity (Wildman–Crippen MR) is 87.0 cm³/mol. The number of nitrogens with two attached hydrogens (primary N) is 1. The van der Waals surface area contributed by atoms with E-state index in [9.17, 15) is 4.39 Å². The van der Waals surface area contributed by atoms with Crippen LogP contribution in [0.3, 0.4) is 0 Å². The fourth-order valence-corrected chi connectivity index (χ4v) is 2.44. The molecule has 4 nitrogen and oxygen atoms in total. The van der Waals surface area contributed by atoms with Crippen molar-refractivity contribution in [3.63, 3.8) is 0 Å². The molecule has 110 valence electrons. The number of nitrogens with zero attached hydrogens (tertiary/aromatic N) is 2. The van der Waals surface area contributed by atoms with Crippen molar-refractivity contribution in [2.24, 2.45) is 10.7 Å². The first-order chi connectivity index (χ1) is 9.24. The number of ether oxygens (including phenoxy) is 1. The molecule has 0 radical (unpaired) electrons. The maximum atomic E-state index is 12.9. The van der Waals surface area contributed by atoms with Crippen molar-refractivity contribution < 1.29 is 9.13 Å². The fraction of sp³-hybridized carbons (Fsp3) is 0.500. The molecule has 1 heterocycles. The summed E-state index contributed by atoms with van der Waals surface area (Å²) in [7, 11) is 0. The third kappa shape index (κ3) is 3.60. The van der Waals surface area contributed by atoms with Gasteiger partial charge in [-0.15, -0.1) is 24.0 Å². The molecule has 3 rings (SSSR count). The Hall–Kier alpha value is -0.890. The SMILES string of the molecule is I.NC(=N[C@@H]1C[C@H]1c1ccc(F)cc1)N1CCOCC1. The third-order valence-electron chi connectivity index (χ3n) is 3.69. The summed E-state index contributed by atoms with van der Waals surface area (Å²) in [4.78, 5) is 6.62. The van der Waals surface area contributed by atoms with E-state index in [2.05, 4.69) is 9.89 Å². The number of benzene rings is 1. The average Bonchev–Trinajstić information content (AvgIpc) is 3.20. The van der Waals surface area contributed by atoms with E-state index in [4.69, 9.17) is 10.5 Å². The molecule has 2 aliphatic rings. The predicted octanol–water partition coefficient (Wildman–Crippen LogP) is 1.95. The van der Waals surface area contributed by atoms with Gasteiger partial charge in [-0.3, -0.25) is 0 Å². The average molecular weight is 391 g/mol. The second-order valence-electron chi connectivity index (χ2n) is 5.05. The van der Waals surface area contributed by atoms with Crippen LogP contribution in [0, 0.1) is 5.82 Å². The minimum absolute atomic E-state index is 0. The normalized spacial score (nSPS) is 26.1. The van der Waals surface area contributed by atoms with Gasteiger partial charge in [-0.25, -0.2) is 9.38 Å². The summed E-state index contributed by atoms with van der Waals surface area (Å²) < 4.78 is 18.1. The first-order valence-electron chi connectivity index (χ1n) is 6.65. The number of rotatable bonds is 2. The van der Waals surface area contributed by atoms with E-state index in [1.165, 1.54) is 12.1 Å². The van der Waals surface area contributed by atoms with Gasteiger partial charge in [-0.1, -0.05) is 12.1 Å². The number of halogens is 2. The maximum absolute atomic E-state index is 12.9. The van der Waals surface area contributed by atoms with E-state index in [-0.39, 0.29) is 35.8 Å². The van der Waals surface area contributed by atoms with Crippen molar-refractivity contribution in [1.29, 1.82) is 0 Å². The molecule has 1 aromatic carbocycles. The van der Waals surface area contributed by atoms with Crippen LogP contribution in [0.4, 0.5) is 4.39 Å². The highest BCUT2D eigenvalue weighted by molar-refractivity contribution is 14.0. The quantitative estimate of drug-likeness (QED) is 0.477. The van der Waals surface area contributed by atoms with E-state index in [0.29, 0.717) is 25.1 Å². The molecule has 2 atom stereocenters. The fourth-order valence-electron chi connectivity index (χ4n) is 2.44. The van der Waals surface area contributed by atoms with E-state index in [1.54, 1.807) is 0 Å². The highest BCUT2D eigenvalue weighted by Gasteiger charge is 2.38. The summed E-state index contributed by atoms with van der Waals surface area (Å²) in [5.41, 5.74) is 7.16. The molecule has 1 saturated heterocycles. The van der Waals surface area contributed by atoms with Crippen molar-refractivity contribution in [3.8, 4) is 0 Å². The molecule has 0 bridgehead atoms. The number of aliphatic imine (C=N–C) groups is 1. The molecule has 6 heteroatoms. The Morgan fingerprint density at radius 1 is 1.25 bits per heavy atom. The Balaban J connectivity index is 0.00000147. The van der Waals surface area contributed by atoms with E-state index < -0.39 is 0 Å². The van der Waals surface area contributed by atoms with Crippen LogP contribution in [-0.4, -0.2) is 43.2 Å². The molecule has 0 amide bonds. The molecule has 1 aliphatic carbocycles. The van der Waals surface area contributed by atoms with Crippen LogP contribution in [0.25, 0.3) is 0 Å². The first-order valence-corrected chi connectivity index (χ1v) is 6.65. The molecule has 1 aliphatic heterocycles. The van der Waals surface area contributed by atoms with E-state index in [0.717, 1.165) is 25.1 Å². The van der Waals surface area contributed by atoms with Gasteiger partial charge >= 0.3 is 0 Å². The van der Waals surface area contributed by atoms with Crippen molar-refractivity contribution in [3.05, 3.63) is 35.6 Å². The van der Waals surface area contributed by atoms with Gasteiger partial charge in [-0.05, 0) is 24.1 Å². The van der Waals surface area contributed by atoms with Crippen molar-refractivity contribution in [2.45, 2.75) is 18.4 Å². The van der Waals surface area contributed by atoms with Gasteiger partial charge in [0.15, 0.2) is 5.96 Å². The van der Waals surface area contributed by atoms with Crippen molar-refractivity contribution in [1.82, 2.24) is 4.90 Å². The van der Waals surface area contributed by atoms with Gasteiger partial charge in [0, 0.05) is 19.0 Å². The Morgan fingerprint density at radius 2 is 1.90 bits per heavy atom. The second kappa shape index (κ2) is 6.71. The zero-order chi connectivity index (χ0) is 13.2. The lowest BCUT2D eigenvalue weighted by Gasteiger charge is -2.27. The Morgan fingerprint density at radius 3 is 2.55 bits per heavy atom. The molecule has 20 heavy (non-hydrogen) atoms. The summed E-state index contributed by atoms with van der Waals surface area (Å²) in [5, 5.41) is 0. The Kier molecular flexibility index (Phi) is 5.20. The minimum Gasteiger partial charge on any atom is -0.378 e. The molecule has 2 fully saturated rings. The smallest absolute Gasteiger partial charge is 0.191 e.